The third kappa shape index (κ3) is 2.18. The minimum Gasteiger partial charge on any atom is -0.372 e. The first kappa shape index (κ1) is 15.8. The molecule has 4 rings (SSSR count). The van der Waals surface area contributed by atoms with Gasteiger partial charge in [-0.3, -0.25) is 4.79 Å². The molecule has 1 amide bonds. The molecule has 0 aliphatic carbocycles. The van der Waals surface area contributed by atoms with Crippen LogP contribution < -0.4 is 4.90 Å². The number of benzene rings is 3. The lowest BCUT2D eigenvalue weighted by Crippen LogP contribution is -2.41. The summed E-state index contributed by atoms with van der Waals surface area (Å²) in [6, 6.07) is 17.5. The Kier molecular flexibility index (Phi) is 3.58. The van der Waals surface area contributed by atoms with Crippen molar-refractivity contribution >= 4 is 22.4 Å². The van der Waals surface area contributed by atoms with Crippen molar-refractivity contribution in [2.24, 2.45) is 0 Å². The summed E-state index contributed by atoms with van der Waals surface area (Å²) in [6.07, 6.45) is 0.718. The lowest BCUT2D eigenvalue weighted by atomic mass is 9.86. The molecule has 3 aromatic rings. The molecule has 0 radical (unpaired) electrons. The second-order valence-electron chi connectivity index (χ2n) is 6.36. The van der Waals surface area contributed by atoms with Crippen molar-refractivity contribution in [2.45, 2.75) is 18.9 Å². The van der Waals surface area contributed by atoms with Crippen LogP contribution in [-0.4, -0.2) is 17.6 Å². The van der Waals surface area contributed by atoms with Gasteiger partial charge in [-0.2, -0.15) is 0 Å². The molecule has 4 heteroatoms. The Balaban J connectivity index is 1.97. The first-order valence-electron chi connectivity index (χ1n) is 8.40. The fourth-order valence-corrected chi connectivity index (χ4v) is 3.64. The highest BCUT2D eigenvalue weighted by Gasteiger charge is 2.52. The number of anilines is 1. The molecule has 1 heterocycles. The Hall–Kier alpha value is -2.72. The first-order chi connectivity index (χ1) is 12.1. The van der Waals surface area contributed by atoms with Crippen LogP contribution in [0.5, 0.6) is 0 Å². The molecule has 3 aromatic carbocycles. The highest BCUT2D eigenvalue weighted by atomic mass is 19.1. The van der Waals surface area contributed by atoms with Crippen LogP contribution in [0.25, 0.3) is 10.8 Å². The molecule has 1 unspecified atom stereocenters. The average molecular weight is 335 g/mol. The Labute approximate surface area is 145 Å². The zero-order valence-corrected chi connectivity index (χ0v) is 13.9. The van der Waals surface area contributed by atoms with E-state index in [2.05, 4.69) is 0 Å². The fourth-order valence-electron chi connectivity index (χ4n) is 3.64. The number of halogens is 1. The van der Waals surface area contributed by atoms with Gasteiger partial charge >= 0.3 is 0 Å². The monoisotopic (exact) mass is 335 g/mol. The van der Waals surface area contributed by atoms with Gasteiger partial charge in [0.25, 0.3) is 5.91 Å². The lowest BCUT2D eigenvalue weighted by molar-refractivity contribution is -0.132. The van der Waals surface area contributed by atoms with Gasteiger partial charge in [0.2, 0.25) is 0 Å². The number of aliphatic hydroxyl groups is 1. The van der Waals surface area contributed by atoms with Gasteiger partial charge in [-0.15, -0.1) is 0 Å². The molecule has 25 heavy (non-hydrogen) atoms. The summed E-state index contributed by atoms with van der Waals surface area (Å²) in [7, 11) is 0. The van der Waals surface area contributed by atoms with Gasteiger partial charge in [-0.25, -0.2) is 4.39 Å². The van der Waals surface area contributed by atoms with Crippen molar-refractivity contribution in [3.8, 4) is 0 Å². The zero-order chi connectivity index (χ0) is 17.6. The summed E-state index contributed by atoms with van der Waals surface area (Å²) in [4.78, 5) is 14.6. The molecule has 0 aromatic heterocycles. The average Bonchev–Trinajstić information content (AvgIpc) is 2.85. The van der Waals surface area contributed by atoms with Crippen LogP contribution in [0.2, 0.25) is 0 Å². The molecule has 0 spiro atoms. The zero-order valence-electron chi connectivity index (χ0n) is 13.9. The van der Waals surface area contributed by atoms with E-state index >= 15 is 0 Å². The molecule has 1 N–H and O–H groups in total. The highest BCUT2D eigenvalue weighted by molar-refractivity contribution is 6.09. The van der Waals surface area contributed by atoms with Crippen molar-refractivity contribution in [1.82, 2.24) is 0 Å². The molecule has 0 saturated carbocycles. The maximum absolute atomic E-state index is 14.6. The van der Waals surface area contributed by atoms with Crippen LogP contribution in [-0.2, 0) is 10.4 Å². The number of carbonyl (C=O) groups excluding carboxylic acids is 1. The van der Waals surface area contributed by atoms with Gasteiger partial charge in [0.15, 0.2) is 5.60 Å². The van der Waals surface area contributed by atoms with E-state index in [0.717, 1.165) is 17.2 Å². The van der Waals surface area contributed by atoms with Gasteiger partial charge in [0, 0.05) is 6.54 Å². The van der Waals surface area contributed by atoms with Gasteiger partial charge in [0.1, 0.15) is 5.82 Å². The largest absolute Gasteiger partial charge is 0.372 e. The van der Waals surface area contributed by atoms with Crippen molar-refractivity contribution < 1.29 is 14.3 Å². The minimum atomic E-state index is -2.00. The molecule has 0 bridgehead atoms. The van der Waals surface area contributed by atoms with Gasteiger partial charge in [-0.1, -0.05) is 49.4 Å². The molecular formula is C21H18FNO2. The number of hydrogen-bond acceptors (Lipinski definition) is 2. The van der Waals surface area contributed by atoms with E-state index in [-0.39, 0.29) is 5.56 Å². The van der Waals surface area contributed by atoms with Crippen molar-refractivity contribution in [3.05, 3.63) is 77.6 Å². The van der Waals surface area contributed by atoms with E-state index in [1.165, 1.54) is 11.0 Å². The summed E-state index contributed by atoms with van der Waals surface area (Å²) in [5.74, 6) is -1.06. The quantitative estimate of drug-likeness (QED) is 0.787. The number of fused-ring (bicyclic) bond motifs is 2. The maximum Gasteiger partial charge on any atom is 0.268 e. The van der Waals surface area contributed by atoms with Crippen molar-refractivity contribution in [1.29, 1.82) is 0 Å². The number of carbonyl (C=O) groups is 1. The number of rotatable bonds is 3. The Morgan fingerprint density at radius 3 is 2.56 bits per heavy atom. The number of amides is 1. The third-order valence-corrected chi connectivity index (χ3v) is 4.81. The Bertz CT molecular complexity index is 985. The van der Waals surface area contributed by atoms with Gasteiger partial charge < -0.3 is 10.0 Å². The van der Waals surface area contributed by atoms with E-state index in [9.17, 15) is 14.3 Å². The number of hydrogen-bond donors (Lipinski definition) is 1. The number of nitrogens with zero attached hydrogens (tertiary/aromatic N) is 1. The summed E-state index contributed by atoms with van der Waals surface area (Å²) >= 11 is 0. The van der Waals surface area contributed by atoms with E-state index in [1.54, 1.807) is 24.3 Å². The van der Waals surface area contributed by atoms with Crippen LogP contribution in [0.15, 0.2) is 60.7 Å². The second kappa shape index (κ2) is 5.67. The van der Waals surface area contributed by atoms with Gasteiger partial charge in [0.05, 0.1) is 11.3 Å². The van der Waals surface area contributed by atoms with Crippen LogP contribution in [0.1, 0.15) is 24.5 Å². The van der Waals surface area contributed by atoms with E-state index in [0.29, 0.717) is 17.8 Å². The van der Waals surface area contributed by atoms with E-state index in [1.807, 2.05) is 37.3 Å². The Morgan fingerprint density at radius 2 is 1.80 bits per heavy atom. The van der Waals surface area contributed by atoms with E-state index < -0.39 is 17.3 Å². The molecular weight excluding hydrogens is 317 g/mol. The summed E-state index contributed by atoms with van der Waals surface area (Å²) in [6.45, 7) is 2.38. The molecule has 0 saturated heterocycles. The van der Waals surface area contributed by atoms with Crippen molar-refractivity contribution in [3.63, 3.8) is 0 Å². The van der Waals surface area contributed by atoms with Crippen LogP contribution in [0.3, 0.4) is 0 Å². The lowest BCUT2D eigenvalue weighted by Gasteiger charge is -2.24. The summed E-state index contributed by atoms with van der Waals surface area (Å²) in [5, 5.41) is 13.3. The molecule has 126 valence electrons. The third-order valence-electron chi connectivity index (χ3n) is 4.81. The predicted octanol–water partition coefficient (Wildman–Crippen LogP) is 3.97. The van der Waals surface area contributed by atoms with E-state index in [4.69, 9.17) is 0 Å². The predicted molar refractivity (Wildman–Crippen MR) is 96.0 cm³/mol. The van der Waals surface area contributed by atoms with Gasteiger partial charge in [-0.05, 0) is 41.0 Å². The van der Waals surface area contributed by atoms with Crippen LogP contribution in [0, 0.1) is 5.82 Å². The minimum absolute atomic E-state index is 0.0451. The molecule has 0 fully saturated rings. The highest BCUT2D eigenvalue weighted by Crippen LogP contribution is 2.46. The Morgan fingerprint density at radius 1 is 1.04 bits per heavy atom. The normalized spacial score (nSPS) is 19.5. The summed E-state index contributed by atoms with van der Waals surface area (Å²) in [5.41, 5.74) is -1.12. The molecule has 1 aliphatic heterocycles. The van der Waals surface area contributed by atoms with Crippen molar-refractivity contribution in [2.75, 3.05) is 11.4 Å². The topological polar surface area (TPSA) is 40.5 Å². The SMILES string of the molecule is CCCN1C(=O)C(O)(c2ccc3ccccc3c2)c2c(F)cccc21. The molecule has 1 aliphatic rings. The second-order valence-corrected chi connectivity index (χ2v) is 6.36. The van der Waals surface area contributed by atoms with Crippen LogP contribution in [0.4, 0.5) is 10.1 Å². The standard InChI is InChI=1S/C21H18FNO2/c1-2-12-23-18-9-5-8-17(22)19(18)21(25,20(23)24)16-11-10-14-6-3-4-7-15(14)13-16/h3-11,13,25H,2,12H2,1H3. The fraction of sp³-hybridized carbons (Fsp3) is 0.190. The van der Waals surface area contributed by atoms with Crippen LogP contribution >= 0.6 is 0 Å². The molecule has 1 atom stereocenters. The molecule has 3 nitrogen and oxygen atoms in total. The summed E-state index contributed by atoms with van der Waals surface area (Å²) < 4.78 is 14.6. The maximum atomic E-state index is 14.6. The smallest absolute Gasteiger partial charge is 0.268 e. The first-order valence-corrected chi connectivity index (χ1v) is 8.40.